The maximum absolute atomic E-state index is 4.93. The smallest absolute Gasteiger partial charge is 0.0932 e. The fourth-order valence-electron chi connectivity index (χ4n) is 6.39. The standard InChI is InChI=1S/C34H53N2P3/c1-30(2,3)38(31(4,5)6)23-25-19-20-27(26(25)24-39(32(7,8)9)33(10,11)12)34(37,28-17-13-15-21-35-28)29-18-14-16-22-36-29/h13-22,25H,23-24,37H2,1-12H3. The Balaban J connectivity index is 2.30. The lowest BCUT2D eigenvalue weighted by Gasteiger charge is -2.45. The monoisotopic (exact) mass is 582 g/mol. The first-order valence-electron chi connectivity index (χ1n) is 14.4. The summed E-state index contributed by atoms with van der Waals surface area (Å²) >= 11 is 0. The molecule has 2 aromatic heterocycles. The van der Waals surface area contributed by atoms with Crippen molar-refractivity contribution in [2.24, 2.45) is 5.92 Å². The average Bonchev–Trinajstić information content (AvgIpc) is 3.21. The SMILES string of the molecule is CC(C)(C)P(CC1=C(C(P)(c2ccccn2)c2ccccn2)C=CC1CP(C(C)(C)C)C(C)(C)C)C(C)(C)C. The molecule has 5 heteroatoms. The maximum atomic E-state index is 4.93. The molecule has 0 bridgehead atoms. The molecule has 0 aromatic carbocycles. The van der Waals surface area contributed by atoms with Gasteiger partial charge in [0.25, 0.3) is 0 Å². The highest BCUT2D eigenvalue weighted by Gasteiger charge is 2.44. The summed E-state index contributed by atoms with van der Waals surface area (Å²) in [5.74, 6) is 0.437. The first kappa shape index (κ1) is 32.6. The van der Waals surface area contributed by atoms with E-state index in [0.29, 0.717) is 5.92 Å². The normalized spacial score (nSPS) is 17.6. The van der Waals surface area contributed by atoms with Crippen LogP contribution in [0.5, 0.6) is 0 Å². The maximum Gasteiger partial charge on any atom is 0.0932 e. The third kappa shape index (κ3) is 7.48. The van der Waals surface area contributed by atoms with Gasteiger partial charge in [-0.2, -0.15) is 0 Å². The first-order valence-corrected chi connectivity index (χ1v) is 18.0. The van der Waals surface area contributed by atoms with Crippen LogP contribution in [0.15, 0.2) is 72.1 Å². The Labute approximate surface area is 245 Å². The second-order valence-electron chi connectivity index (χ2n) is 15.0. The van der Waals surface area contributed by atoms with Crippen LogP contribution in [0.4, 0.5) is 0 Å². The van der Waals surface area contributed by atoms with Crippen LogP contribution in [0, 0.1) is 5.92 Å². The van der Waals surface area contributed by atoms with E-state index in [2.05, 4.69) is 129 Å². The van der Waals surface area contributed by atoms with E-state index in [1.807, 2.05) is 24.5 Å². The quantitative estimate of drug-likeness (QED) is 0.304. The predicted octanol–water partition coefficient (Wildman–Crippen LogP) is 10.2. The van der Waals surface area contributed by atoms with Gasteiger partial charge in [-0.15, -0.1) is 9.24 Å². The number of pyridine rings is 2. The molecule has 0 fully saturated rings. The van der Waals surface area contributed by atoms with Crippen LogP contribution < -0.4 is 0 Å². The van der Waals surface area contributed by atoms with E-state index >= 15 is 0 Å². The minimum Gasteiger partial charge on any atom is -0.260 e. The number of hydrogen-bond donors (Lipinski definition) is 0. The van der Waals surface area contributed by atoms with Gasteiger partial charge in [-0.3, -0.25) is 9.97 Å². The van der Waals surface area contributed by atoms with Gasteiger partial charge >= 0.3 is 0 Å². The summed E-state index contributed by atoms with van der Waals surface area (Å²) in [6.45, 7) is 29.4. The van der Waals surface area contributed by atoms with Crippen LogP contribution in [-0.2, 0) is 5.16 Å². The lowest BCUT2D eigenvalue weighted by atomic mass is 9.87. The Bertz CT molecular complexity index is 1090. The van der Waals surface area contributed by atoms with Crippen LogP contribution in [0.1, 0.15) is 94.5 Å². The Kier molecular flexibility index (Phi) is 9.82. The van der Waals surface area contributed by atoms with Crippen LogP contribution in [-0.4, -0.2) is 42.9 Å². The van der Waals surface area contributed by atoms with E-state index in [1.165, 1.54) is 11.7 Å². The van der Waals surface area contributed by atoms with Crippen molar-refractivity contribution in [3.05, 3.63) is 83.5 Å². The fraction of sp³-hybridized carbons (Fsp3) is 0.588. The Morgan fingerprint density at radius 3 is 1.46 bits per heavy atom. The predicted molar refractivity (Wildman–Crippen MR) is 181 cm³/mol. The van der Waals surface area contributed by atoms with E-state index in [9.17, 15) is 0 Å². The minimum atomic E-state index is -0.494. The third-order valence-corrected chi connectivity index (χ3v) is 16.6. The molecular weight excluding hydrogens is 529 g/mol. The molecule has 214 valence electrons. The van der Waals surface area contributed by atoms with Crippen LogP contribution >= 0.6 is 25.1 Å². The van der Waals surface area contributed by atoms with E-state index in [4.69, 9.17) is 9.97 Å². The third-order valence-electron chi connectivity index (χ3n) is 7.80. The molecular formula is C34H53N2P3. The zero-order chi connectivity index (χ0) is 29.4. The minimum absolute atomic E-state index is 0.241. The summed E-state index contributed by atoms with van der Waals surface area (Å²) in [5, 5.41) is 0.572. The molecule has 39 heavy (non-hydrogen) atoms. The second-order valence-corrected chi connectivity index (χ2v) is 23.6. The van der Waals surface area contributed by atoms with Gasteiger partial charge in [-0.25, -0.2) is 0 Å². The molecule has 1 aliphatic carbocycles. The van der Waals surface area contributed by atoms with E-state index in [-0.39, 0.29) is 36.5 Å². The topological polar surface area (TPSA) is 25.8 Å². The van der Waals surface area contributed by atoms with Gasteiger partial charge in [0, 0.05) is 18.3 Å². The van der Waals surface area contributed by atoms with Crippen LogP contribution in [0.25, 0.3) is 0 Å². The van der Waals surface area contributed by atoms with E-state index in [1.54, 1.807) is 5.57 Å². The number of hydrogen-bond acceptors (Lipinski definition) is 2. The molecule has 2 heterocycles. The van der Waals surface area contributed by atoms with Crippen LogP contribution in [0.3, 0.4) is 0 Å². The summed E-state index contributed by atoms with van der Waals surface area (Å²) in [7, 11) is 2.67. The number of aromatic nitrogens is 2. The van der Waals surface area contributed by atoms with Crippen molar-refractivity contribution in [1.82, 2.24) is 9.97 Å². The summed E-state index contributed by atoms with van der Waals surface area (Å²) in [4.78, 5) is 9.86. The van der Waals surface area contributed by atoms with Gasteiger partial charge in [-0.05, 0) is 62.8 Å². The average molecular weight is 583 g/mol. The molecule has 0 amide bonds. The van der Waals surface area contributed by atoms with Crippen molar-refractivity contribution in [1.29, 1.82) is 0 Å². The molecule has 0 saturated heterocycles. The molecule has 2 nitrogen and oxygen atoms in total. The summed E-state index contributed by atoms with van der Waals surface area (Å²) in [5.41, 5.74) is 5.07. The molecule has 2 unspecified atom stereocenters. The van der Waals surface area contributed by atoms with Gasteiger partial charge in [-0.1, -0.05) is 129 Å². The first-order chi connectivity index (χ1) is 17.8. The van der Waals surface area contributed by atoms with Crippen molar-refractivity contribution in [3.63, 3.8) is 0 Å². The number of rotatable bonds is 7. The van der Waals surface area contributed by atoms with E-state index in [0.717, 1.165) is 17.5 Å². The van der Waals surface area contributed by atoms with Gasteiger partial charge in [0.2, 0.25) is 0 Å². The van der Waals surface area contributed by atoms with Crippen molar-refractivity contribution in [3.8, 4) is 0 Å². The Hall–Kier alpha value is -0.930. The van der Waals surface area contributed by atoms with Crippen molar-refractivity contribution >= 4 is 25.1 Å². The van der Waals surface area contributed by atoms with Crippen LogP contribution in [0.2, 0.25) is 0 Å². The Morgan fingerprint density at radius 1 is 0.667 bits per heavy atom. The zero-order valence-corrected chi connectivity index (χ0v) is 29.6. The summed E-state index contributed by atoms with van der Waals surface area (Å²) in [6.07, 6.45) is 11.2. The van der Waals surface area contributed by atoms with Crippen molar-refractivity contribution < 1.29 is 0 Å². The van der Waals surface area contributed by atoms with Gasteiger partial charge in [0.15, 0.2) is 0 Å². The zero-order valence-electron chi connectivity index (χ0n) is 26.6. The molecule has 0 radical (unpaired) electrons. The molecule has 0 spiro atoms. The molecule has 2 aromatic rings. The lowest BCUT2D eigenvalue weighted by Crippen LogP contribution is -2.32. The van der Waals surface area contributed by atoms with Gasteiger partial charge in [0.1, 0.15) is 0 Å². The van der Waals surface area contributed by atoms with Gasteiger partial charge in [0.05, 0.1) is 16.5 Å². The van der Waals surface area contributed by atoms with Gasteiger partial charge < -0.3 is 0 Å². The fourth-order valence-corrected chi connectivity index (χ4v) is 14.6. The molecule has 0 aliphatic heterocycles. The lowest BCUT2D eigenvalue weighted by molar-refractivity contribution is 0.685. The highest BCUT2D eigenvalue weighted by Crippen LogP contribution is 2.65. The largest absolute Gasteiger partial charge is 0.260 e. The summed E-state index contributed by atoms with van der Waals surface area (Å²) in [6, 6.07) is 12.6. The summed E-state index contributed by atoms with van der Waals surface area (Å²) < 4.78 is 0. The number of allylic oxidation sites excluding steroid dienone is 4. The highest BCUT2D eigenvalue weighted by atomic mass is 31.1. The molecule has 0 N–H and O–H groups in total. The van der Waals surface area contributed by atoms with E-state index < -0.39 is 5.16 Å². The van der Waals surface area contributed by atoms with Crippen molar-refractivity contribution in [2.45, 2.75) is 109 Å². The molecule has 3 rings (SSSR count). The van der Waals surface area contributed by atoms with Crippen molar-refractivity contribution in [2.75, 3.05) is 12.3 Å². The molecule has 2 atom stereocenters. The Morgan fingerprint density at radius 2 is 1.10 bits per heavy atom. The molecule has 0 saturated carbocycles. The highest BCUT2D eigenvalue weighted by molar-refractivity contribution is 7.61. The number of nitrogens with zero attached hydrogens (tertiary/aromatic N) is 2. The second kappa shape index (κ2) is 11.7. The molecule has 1 aliphatic rings.